The molecule has 0 saturated carbocycles. The molecule has 0 aromatic carbocycles. The topological polar surface area (TPSA) is 88.9 Å². The van der Waals surface area contributed by atoms with Gasteiger partial charge in [0.1, 0.15) is 16.9 Å². The monoisotopic (exact) mass is 341 g/mol. The summed E-state index contributed by atoms with van der Waals surface area (Å²) in [4.78, 5) is 15.4. The van der Waals surface area contributed by atoms with Crippen molar-refractivity contribution in [2.24, 2.45) is 5.92 Å². The molecule has 1 heterocycles. The zero-order valence-corrected chi connectivity index (χ0v) is 14.8. The fourth-order valence-electron chi connectivity index (χ4n) is 2.15. The number of carbonyl (C=O) groups is 1. The molecule has 3 atom stereocenters. The van der Waals surface area contributed by atoms with E-state index in [1.165, 1.54) is 25.4 Å². The highest BCUT2D eigenvalue weighted by Crippen LogP contribution is 2.24. The molecular weight excluding hydrogens is 318 g/mol. The Balaban J connectivity index is 2.96. The van der Waals surface area contributed by atoms with Crippen molar-refractivity contribution in [3.05, 3.63) is 33.5 Å². The van der Waals surface area contributed by atoms with Crippen LogP contribution in [0.1, 0.15) is 37.6 Å². The minimum Gasteiger partial charge on any atom is -0.500 e. The van der Waals surface area contributed by atoms with E-state index in [-0.39, 0.29) is 17.6 Å². The Morgan fingerprint density at radius 3 is 2.48 bits per heavy atom. The van der Waals surface area contributed by atoms with Crippen LogP contribution in [0.5, 0.6) is 0 Å². The van der Waals surface area contributed by atoms with Crippen molar-refractivity contribution in [3.8, 4) is 0 Å². The number of methoxy groups -OCH3 is 2. The van der Waals surface area contributed by atoms with Crippen LogP contribution in [0.4, 0.5) is 0 Å². The minimum atomic E-state index is -1.02. The zero-order valence-electron chi connectivity index (χ0n) is 13.9. The second kappa shape index (κ2) is 8.81. The van der Waals surface area contributed by atoms with Gasteiger partial charge < -0.3 is 19.7 Å². The summed E-state index contributed by atoms with van der Waals surface area (Å²) in [6, 6.07) is 0. The fourth-order valence-corrected chi connectivity index (χ4v) is 2.87. The third kappa shape index (κ3) is 5.16. The molecule has 1 aromatic rings. The maximum Gasteiger partial charge on any atom is 0.334 e. The van der Waals surface area contributed by atoms with E-state index < -0.39 is 12.1 Å². The second-order valence-electron chi connectivity index (χ2n) is 5.13. The van der Waals surface area contributed by atoms with Gasteiger partial charge in [0.2, 0.25) is 0 Å². The number of ether oxygens (including phenoxy) is 2. The van der Waals surface area contributed by atoms with Gasteiger partial charge in [-0.3, -0.25) is 0 Å². The van der Waals surface area contributed by atoms with Crippen LogP contribution in [0.15, 0.2) is 22.8 Å². The van der Waals surface area contributed by atoms with Crippen molar-refractivity contribution in [1.82, 2.24) is 4.98 Å². The number of carboxylic acids is 1. The average molecular weight is 341 g/mol. The van der Waals surface area contributed by atoms with E-state index in [1.807, 2.05) is 12.3 Å². The van der Waals surface area contributed by atoms with Crippen molar-refractivity contribution in [3.63, 3.8) is 0 Å². The molecule has 1 rings (SSSR count). The largest absolute Gasteiger partial charge is 0.500 e. The van der Waals surface area contributed by atoms with Crippen LogP contribution in [0.3, 0.4) is 0 Å². The van der Waals surface area contributed by atoms with Crippen molar-refractivity contribution in [2.75, 3.05) is 14.2 Å². The molecule has 0 aliphatic carbocycles. The Morgan fingerprint density at radius 1 is 1.39 bits per heavy atom. The number of aliphatic carboxylic acids is 1. The highest BCUT2D eigenvalue weighted by molar-refractivity contribution is 7.09. The van der Waals surface area contributed by atoms with Crippen LogP contribution in [-0.2, 0) is 14.3 Å². The molecule has 7 heteroatoms. The van der Waals surface area contributed by atoms with Gasteiger partial charge in [0, 0.05) is 18.4 Å². The number of aromatic nitrogens is 1. The van der Waals surface area contributed by atoms with E-state index in [0.717, 1.165) is 5.69 Å². The fraction of sp³-hybridized carbons (Fsp3) is 0.500. The maximum absolute atomic E-state index is 11.1. The summed E-state index contributed by atoms with van der Waals surface area (Å²) in [5.41, 5.74) is 0.874. The number of carboxylic acid groups (broad SMARTS) is 1. The summed E-state index contributed by atoms with van der Waals surface area (Å²) in [5.74, 6) is -0.919. The highest BCUT2D eigenvalue weighted by atomic mass is 32.1. The van der Waals surface area contributed by atoms with Gasteiger partial charge in [-0.15, -0.1) is 11.3 Å². The van der Waals surface area contributed by atoms with Crippen LogP contribution in [-0.4, -0.2) is 41.5 Å². The summed E-state index contributed by atoms with van der Waals surface area (Å²) in [7, 11) is 3.00. The molecule has 0 amide bonds. The number of aliphatic hydroxyl groups excluding tert-OH is 1. The molecule has 0 bridgehead atoms. The number of aliphatic hydroxyl groups is 1. The highest BCUT2D eigenvalue weighted by Gasteiger charge is 2.23. The molecule has 0 radical (unpaired) electrons. The number of thiazole rings is 1. The molecule has 0 aliphatic rings. The smallest absolute Gasteiger partial charge is 0.334 e. The van der Waals surface area contributed by atoms with E-state index >= 15 is 0 Å². The molecule has 0 fully saturated rings. The first-order valence-corrected chi connectivity index (χ1v) is 8.02. The van der Waals surface area contributed by atoms with Crippen LogP contribution in [0, 0.1) is 5.92 Å². The number of rotatable bonds is 8. The van der Waals surface area contributed by atoms with Gasteiger partial charge in [-0.2, -0.15) is 0 Å². The van der Waals surface area contributed by atoms with Crippen molar-refractivity contribution < 1.29 is 24.5 Å². The van der Waals surface area contributed by atoms with Gasteiger partial charge in [0.25, 0.3) is 0 Å². The summed E-state index contributed by atoms with van der Waals surface area (Å²) >= 11 is 1.38. The molecule has 0 aliphatic heterocycles. The third-order valence-corrected chi connectivity index (χ3v) is 4.48. The molecule has 2 N–H and O–H groups in total. The first-order chi connectivity index (χ1) is 10.8. The minimum absolute atomic E-state index is 0.153. The molecule has 1 aromatic heterocycles. The summed E-state index contributed by atoms with van der Waals surface area (Å²) in [5, 5.41) is 21.1. The molecule has 6 nitrogen and oxygen atoms in total. The predicted molar refractivity (Wildman–Crippen MR) is 89.1 cm³/mol. The van der Waals surface area contributed by atoms with Gasteiger partial charge in [0.05, 0.1) is 24.5 Å². The number of hydrogen-bond acceptors (Lipinski definition) is 6. The summed E-state index contributed by atoms with van der Waals surface area (Å²) in [6.45, 7) is 5.01. The number of nitrogens with zero attached hydrogens (tertiary/aromatic N) is 1. The molecule has 0 spiro atoms. The quantitative estimate of drug-likeness (QED) is 0.558. The van der Waals surface area contributed by atoms with E-state index in [4.69, 9.17) is 14.6 Å². The molecule has 128 valence electrons. The Bertz CT molecular complexity index is 591. The Kier molecular flexibility index (Phi) is 7.41. The van der Waals surface area contributed by atoms with Crippen LogP contribution >= 0.6 is 11.3 Å². The Hall–Kier alpha value is -1.70. The summed E-state index contributed by atoms with van der Waals surface area (Å²) in [6.07, 6.45) is 2.63. The predicted octanol–water partition coefficient (Wildman–Crippen LogP) is 2.87. The SMILES string of the molecule is COC(=C(C)C(=O)O)C(C)C(C=Cc1csc(C(C)O)n1)OC. The van der Waals surface area contributed by atoms with Crippen LogP contribution in [0.2, 0.25) is 0 Å². The maximum atomic E-state index is 11.1. The van der Waals surface area contributed by atoms with Crippen LogP contribution < -0.4 is 0 Å². The first kappa shape index (κ1) is 19.3. The average Bonchev–Trinajstić information content (AvgIpc) is 2.97. The Morgan fingerprint density at radius 2 is 2.04 bits per heavy atom. The van der Waals surface area contributed by atoms with E-state index in [2.05, 4.69) is 4.98 Å². The van der Waals surface area contributed by atoms with Gasteiger partial charge in [-0.25, -0.2) is 9.78 Å². The van der Waals surface area contributed by atoms with E-state index in [9.17, 15) is 9.90 Å². The third-order valence-electron chi connectivity index (χ3n) is 3.44. The van der Waals surface area contributed by atoms with Gasteiger partial charge in [-0.1, -0.05) is 13.0 Å². The van der Waals surface area contributed by atoms with Gasteiger partial charge in [-0.05, 0) is 19.9 Å². The number of hydrogen-bond donors (Lipinski definition) is 2. The molecule has 3 unspecified atom stereocenters. The standard InChI is InChI=1S/C16H23NO5S/c1-9(14(22-5)10(2)16(19)20)13(21-4)7-6-12-8-23-15(17-12)11(3)18/h6-9,11,13,18H,1-5H3,(H,19,20). The first-order valence-electron chi connectivity index (χ1n) is 7.14. The molecule has 23 heavy (non-hydrogen) atoms. The Labute approximate surface area is 140 Å². The van der Waals surface area contributed by atoms with Crippen molar-refractivity contribution >= 4 is 23.4 Å². The lowest BCUT2D eigenvalue weighted by Crippen LogP contribution is -2.23. The van der Waals surface area contributed by atoms with Gasteiger partial charge in [0.15, 0.2) is 0 Å². The van der Waals surface area contributed by atoms with Crippen molar-refractivity contribution in [2.45, 2.75) is 33.0 Å². The molecular formula is C16H23NO5S. The normalized spacial score (nSPS) is 16.8. The van der Waals surface area contributed by atoms with E-state index in [0.29, 0.717) is 10.8 Å². The summed E-state index contributed by atoms with van der Waals surface area (Å²) < 4.78 is 10.7. The zero-order chi connectivity index (χ0) is 17.6. The van der Waals surface area contributed by atoms with Gasteiger partial charge >= 0.3 is 5.97 Å². The van der Waals surface area contributed by atoms with E-state index in [1.54, 1.807) is 26.2 Å². The van der Waals surface area contributed by atoms with Crippen molar-refractivity contribution in [1.29, 1.82) is 0 Å². The lowest BCUT2D eigenvalue weighted by atomic mass is 9.98. The lowest BCUT2D eigenvalue weighted by Gasteiger charge is -2.22. The van der Waals surface area contributed by atoms with Crippen LogP contribution in [0.25, 0.3) is 6.08 Å². The second-order valence-corrected chi connectivity index (χ2v) is 6.02. The lowest BCUT2D eigenvalue weighted by molar-refractivity contribution is -0.132. The molecule has 0 saturated heterocycles.